The molecule has 3 heteroatoms. The Morgan fingerprint density at radius 2 is 0.929 bits per heavy atom. The highest BCUT2D eigenvalue weighted by Gasteiger charge is 2.35. The predicted molar refractivity (Wildman–Crippen MR) is 241 cm³/mol. The molecule has 0 saturated carbocycles. The third kappa shape index (κ3) is 5.08. The van der Waals surface area contributed by atoms with Crippen LogP contribution in [-0.4, -0.2) is 0 Å². The molecule has 1 aliphatic carbocycles. The Balaban J connectivity index is 1.15. The Kier molecular flexibility index (Phi) is 7.42. The second-order valence-corrected chi connectivity index (χ2v) is 16.5. The van der Waals surface area contributed by atoms with Crippen molar-refractivity contribution in [2.24, 2.45) is 0 Å². The van der Waals surface area contributed by atoms with Gasteiger partial charge in [-0.15, -0.1) is 11.3 Å². The van der Waals surface area contributed by atoms with E-state index in [0.717, 1.165) is 34.1 Å². The summed E-state index contributed by atoms with van der Waals surface area (Å²) < 4.78 is 2.60. The molecule has 0 N–H and O–H groups in total. The van der Waals surface area contributed by atoms with E-state index in [-0.39, 0.29) is 5.41 Å². The van der Waals surface area contributed by atoms with Crippen LogP contribution in [0, 0.1) is 0 Å². The minimum atomic E-state index is -0.106. The van der Waals surface area contributed by atoms with E-state index in [2.05, 4.69) is 218 Å². The number of thiophene rings is 1. The molecule has 11 rings (SSSR count). The lowest BCUT2D eigenvalue weighted by Gasteiger charge is -2.30. The number of para-hydroxylation sites is 2. The Bertz CT molecular complexity index is 3120. The SMILES string of the molecule is CC1(C)c2ccccc2-c2ccc(N(c3ccccc3)c3ccc4c(c3)c(N(c3ccccc3)c3ccc5c(c3)sc3ccccc35)cc3ccccc34)cc21. The van der Waals surface area contributed by atoms with Crippen LogP contribution in [0.2, 0.25) is 0 Å². The molecule has 1 aromatic heterocycles. The lowest BCUT2D eigenvalue weighted by Crippen LogP contribution is -2.16. The first-order valence-electron chi connectivity index (χ1n) is 19.3. The number of hydrogen-bond acceptors (Lipinski definition) is 3. The van der Waals surface area contributed by atoms with Gasteiger partial charge >= 0.3 is 0 Å². The molecule has 1 heterocycles. The van der Waals surface area contributed by atoms with Crippen LogP contribution in [0.15, 0.2) is 194 Å². The van der Waals surface area contributed by atoms with Gasteiger partial charge in [0.1, 0.15) is 0 Å². The molecule has 0 unspecified atom stereocenters. The van der Waals surface area contributed by atoms with Crippen LogP contribution >= 0.6 is 11.3 Å². The maximum absolute atomic E-state index is 2.45. The van der Waals surface area contributed by atoms with E-state index in [9.17, 15) is 0 Å². The highest BCUT2D eigenvalue weighted by Crippen LogP contribution is 2.51. The zero-order chi connectivity index (χ0) is 37.4. The highest BCUT2D eigenvalue weighted by molar-refractivity contribution is 7.25. The minimum Gasteiger partial charge on any atom is -0.310 e. The number of nitrogens with zero attached hydrogens (tertiary/aromatic N) is 2. The van der Waals surface area contributed by atoms with Gasteiger partial charge in [0.2, 0.25) is 0 Å². The molecule has 0 fully saturated rings. The zero-order valence-corrected chi connectivity index (χ0v) is 32.1. The van der Waals surface area contributed by atoms with Crippen molar-refractivity contribution >= 4 is 87.2 Å². The quantitative estimate of drug-likeness (QED) is 0.157. The number of anilines is 6. The van der Waals surface area contributed by atoms with E-state index >= 15 is 0 Å². The van der Waals surface area contributed by atoms with Gasteiger partial charge in [0.05, 0.1) is 5.69 Å². The van der Waals surface area contributed by atoms with Crippen molar-refractivity contribution in [3.63, 3.8) is 0 Å². The average Bonchev–Trinajstić information content (AvgIpc) is 3.73. The van der Waals surface area contributed by atoms with Crippen molar-refractivity contribution < 1.29 is 0 Å². The maximum atomic E-state index is 2.45. The first-order valence-corrected chi connectivity index (χ1v) is 20.2. The van der Waals surface area contributed by atoms with Crippen molar-refractivity contribution in [2.45, 2.75) is 19.3 Å². The molecule has 9 aromatic carbocycles. The smallest absolute Gasteiger partial charge is 0.0547 e. The third-order valence-corrected chi connectivity index (χ3v) is 12.9. The summed E-state index contributed by atoms with van der Waals surface area (Å²) in [5.41, 5.74) is 12.1. The van der Waals surface area contributed by atoms with Crippen LogP contribution in [-0.2, 0) is 5.41 Å². The first kappa shape index (κ1) is 32.7. The molecule has 0 spiro atoms. The van der Waals surface area contributed by atoms with Gasteiger partial charge in [-0.1, -0.05) is 135 Å². The van der Waals surface area contributed by atoms with E-state index in [1.165, 1.54) is 64.0 Å². The van der Waals surface area contributed by atoms with Gasteiger partial charge in [-0.25, -0.2) is 0 Å². The Hall–Kier alpha value is -6.68. The van der Waals surface area contributed by atoms with Crippen LogP contribution in [0.4, 0.5) is 34.1 Å². The normalized spacial score (nSPS) is 13.0. The fourth-order valence-corrected chi connectivity index (χ4v) is 10.2. The number of rotatable bonds is 6. The zero-order valence-electron chi connectivity index (χ0n) is 31.3. The molecular weight excluding hydrogens is 697 g/mol. The van der Waals surface area contributed by atoms with E-state index in [1.807, 2.05) is 11.3 Å². The van der Waals surface area contributed by atoms with Crippen LogP contribution in [0.5, 0.6) is 0 Å². The summed E-state index contributed by atoms with van der Waals surface area (Å²) in [5.74, 6) is 0. The largest absolute Gasteiger partial charge is 0.310 e. The molecule has 0 amide bonds. The molecule has 0 bridgehead atoms. The molecule has 0 atom stereocenters. The summed E-state index contributed by atoms with van der Waals surface area (Å²) in [6.45, 7) is 4.71. The van der Waals surface area contributed by atoms with Gasteiger partial charge in [0.15, 0.2) is 0 Å². The summed E-state index contributed by atoms with van der Waals surface area (Å²) in [6.07, 6.45) is 0. The summed E-state index contributed by atoms with van der Waals surface area (Å²) in [4.78, 5) is 4.87. The van der Waals surface area contributed by atoms with Gasteiger partial charge in [0.25, 0.3) is 0 Å². The van der Waals surface area contributed by atoms with Crippen molar-refractivity contribution in [1.82, 2.24) is 0 Å². The fourth-order valence-electron chi connectivity index (χ4n) is 9.11. The Morgan fingerprint density at radius 1 is 0.357 bits per heavy atom. The molecule has 1 aliphatic rings. The van der Waals surface area contributed by atoms with E-state index in [0.29, 0.717) is 0 Å². The van der Waals surface area contributed by atoms with Crippen molar-refractivity contribution in [3.8, 4) is 11.1 Å². The maximum Gasteiger partial charge on any atom is 0.0547 e. The molecule has 10 aromatic rings. The van der Waals surface area contributed by atoms with Crippen molar-refractivity contribution in [3.05, 3.63) is 205 Å². The molecule has 2 nitrogen and oxygen atoms in total. The number of benzene rings is 9. The monoisotopic (exact) mass is 734 g/mol. The fraction of sp³-hybridized carbons (Fsp3) is 0.0566. The van der Waals surface area contributed by atoms with Crippen LogP contribution < -0.4 is 9.80 Å². The first-order chi connectivity index (χ1) is 27.5. The molecule has 0 aliphatic heterocycles. The topological polar surface area (TPSA) is 6.48 Å². The Labute approximate surface area is 331 Å². The lowest BCUT2D eigenvalue weighted by atomic mass is 9.82. The number of fused-ring (bicyclic) bond motifs is 9. The molecule has 56 heavy (non-hydrogen) atoms. The minimum absolute atomic E-state index is 0.106. The molecule has 0 radical (unpaired) electrons. The molecule has 0 saturated heterocycles. The van der Waals surface area contributed by atoms with Gasteiger partial charge in [-0.05, 0) is 111 Å². The predicted octanol–water partition coefficient (Wildman–Crippen LogP) is 15.6. The van der Waals surface area contributed by atoms with Gasteiger partial charge in [-0.3, -0.25) is 0 Å². The van der Waals surface area contributed by atoms with E-state index in [4.69, 9.17) is 0 Å². The summed E-state index contributed by atoms with van der Waals surface area (Å²) in [7, 11) is 0. The summed E-state index contributed by atoms with van der Waals surface area (Å²) in [6, 6.07) is 71.5. The van der Waals surface area contributed by atoms with E-state index in [1.54, 1.807) is 0 Å². The molecular formula is C53H38N2S. The van der Waals surface area contributed by atoms with Gasteiger partial charge in [-0.2, -0.15) is 0 Å². The molecule has 266 valence electrons. The average molecular weight is 735 g/mol. The second-order valence-electron chi connectivity index (χ2n) is 15.4. The Morgan fingerprint density at radius 3 is 1.73 bits per heavy atom. The summed E-state index contributed by atoms with van der Waals surface area (Å²) >= 11 is 1.86. The van der Waals surface area contributed by atoms with Crippen molar-refractivity contribution in [2.75, 3.05) is 9.80 Å². The standard InChI is InChI=1S/C53H38N2S/c1-53(2)48-23-13-11-21-43(48)44-29-26-39(33-49(44)53)54(36-16-5-3-6-17-36)38-25-28-42-41-20-10-9-15-35(41)31-50(47(42)32-38)55(37-18-7-4-8-19-37)40-27-30-46-45-22-12-14-24-51(45)56-52(46)34-40/h3-34H,1-2H3. The lowest BCUT2D eigenvalue weighted by molar-refractivity contribution is 0.660. The third-order valence-electron chi connectivity index (χ3n) is 11.8. The van der Waals surface area contributed by atoms with Crippen LogP contribution in [0.3, 0.4) is 0 Å². The highest BCUT2D eigenvalue weighted by atomic mass is 32.1. The van der Waals surface area contributed by atoms with Crippen LogP contribution in [0.25, 0.3) is 52.8 Å². The van der Waals surface area contributed by atoms with Gasteiger partial charge in [0, 0.05) is 59.4 Å². The summed E-state index contributed by atoms with van der Waals surface area (Å²) in [5, 5.41) is 7.49. The van der Waals surface area contributed by atoms with Crippen molar-refractivity contribution in [1.29, 1.82) is 0 Å². The van der Waals surface area contributed by atoms with Gasteiger partial charge < -0.3 is 9.80 Å². The second kappa shape index (κ2) is 12.7. The number of hydrogen-bond donors (Lipinski definition) is 0. The van der Waals surface area contributed by atoms with E-state index < -0.39 is 0 Å². The van der Waals surface area contributed by atoms with Crippen LogP contribution in [0.1, 0.15) is 25.0 Å².